The van der Waals surface area contributed by atoms with Gasteiger partial charge in [-0.25, -0.2) is 0 Å². The second kappa shape index (κ2) is 10.1. The average Bonchev–Trinajstić information content (AvgIpc) is 2.45. The summed E-state index contributed by atoms with van der Waals surface area (Å²) in [6, 6.07) is 7.74. The van der Waals surface area contributed by atoms with Gasteiger partial charge in [0.15, 0.2) is 0 Å². The molecule has 1 amide bonds. The maximum Gasteiger partial charge on any atom is 0.239 e. The fourth-order valence-electron chi connectivity index (χ4n) is 1.76. The number of carbonyl (C=O) groups excluding carboxylic acids is 1. The molecule has 0 aliphatic carbocycles. The molecule has 0 saturated carbocycles. The SMILES string of the molecule is CCCCNC(=O)CNc1cccc(OCCC(C)C)c1. The van der Waals surface area contributed by atoms with E-state index >= 15 is 0 Å². The van der Waals surface area contributed by atoms with E-state index < -0.39 is 0 Å². The normalized spacial score (nSPS) is 10.5. The van der Waals surface area contributed by atoms with E-state index in [1.807, 2.05) is 24.3 Å². The van der Waals surface area contributed by atoms with Crippen molar-refractivity contribution in [2.24, 2.45) is 5.92 Å². The van der Waals surface area contributed by atoms with Crippen LogP contribution in [0.15, 0.2) is 24.3 Å². The highest BCUT2D eigenvalue weighted by atomic mass is 16.5. The minimum Gasteiger partial charge on any atom is -0.494 e. The van der Waals surface area contributed by atoms with Gasteiger partial charge in [-0.2, -0.15) is 0 Å². The molecule has 1 aromatic carbocycles. The molecule has 1 rings (SSSR count). The Hall–Kier alpha value is -1.71. The molecule has 0 atom stereocenters. The second-order valence-electron chi connectivity index (χ2n) is 5.62. The molecule has 4 nitrogen and oxygen atoms in total. The molecule has 0 heterocycles. The lowest BCUT2D eigenvalue weighted by Gasteiger charge is -2.11. The summed E-state index contributed by atoms with van der Waals surface area (Å²) in [5.74, 6) is 1.50. The van der Waals surface area contributed by atoms with Crippen molar-refractivity contribution in [3.8, 4) is 5.75 Å². The Bertz CT molecular complexity index is 419. The Morgan fingerprint density at radius 2 is 2.14 bits per heavy atom. The summed E-state index contributed by atoms with van der Waals surface area (Å²) >= 11 is 0. The minimum absolute atomic E-state index is 0.0228. The molecule has 2 N–H and O–H groups in total. The van der Waals surface area contributed by atoms with E-state index in [2.05, 4.69) is 31.4 Å². The third-order valence-electron chi connectivity index (χ3n) is 3.10. The van der Waals surface area contributed by atoms with Crippen molar-refractivity contribution in [2.45, 2.75) is 40.0 Å². The molecule has 0 spiro atoms. The third kappa shape index (κ3) is 8.23. The predicted molar refractivity (Wildman–Crippen MR) is 87.8 cm³/mol. The van der Waals surface area contributed by atoms with Crippen LogP contribution in [0.3, 0.4) is 0 Å². The van der Waals surface area contributed by atoms with Crippen molar-refractivity contribution < 1.29 is 9.53 Å². The van der Waals surface area contributed by atoms with Gasteiger partial charge >= 0.3 is 0 Å². The van der Waals surface area contributed by atoms with Gasteiger partial charge in [0, 0.05) is 18.3 Å². The van der Waals surface area contributed by atoms with Gasteiger partial charge in [-0.05, 0) is 30.9 Å². The first-order chi connectivity index (χ1) is 10.1. The van der Waals surface area contributed by atoms with Crippen molar-refractivity contribution in [1.82, 2.24) is 5.32 Å². The summed E-state index contributed by atoms with van der Waals surface area (Å²) in [5, 5.41) is 6.00. The molecule has 0 radical (unpaired) electrons. The quantitative estimate of drug-likeness (QED) is 0.649. The summed E-state index contributed by atoms with van der Waals surface area (Å²) in [6.07, 6.45) is 3.14. The number of unbranched alkanes of at least 4 members (excludes halogenated alkanes) is 1. The van der Waals surface area contributed by atoms with E-state index in [1.165, 1.54) is 0 Å². The first kappa shape index (κ1) is 17.3. The molecule has 0 aliphatic rings. The molecule has 4 heteroatoms. The van der Waals surface area contributed by atoms with Gasteiger partial charge < -0.3 is 15.4 Å². The van der Waals surface area contributed by atoms with Gasteiger partial charge in [0.1, 0.15) is 5.75 Å². The number of benzene rings is 1. The summed E-state index contributed by atoms with van der Waals surface area (Å²) in [6.45, 7) is 8.22. The first-order valence-corrected chi connectivity index (χ1v) is 7.85. The standard InChI is InChI=1S/C17H28N2O2/c1-4-5-10-18-17(20)13-19-15-7-6-8-16(12-15)21-11-9-14(2)3/h6-8,12,14,19H,4-5,9-11,13H2,1-3H3,(H,18,20). The van der Waals surface area contributed by atoms with E-state index in [0.717, 1.165) is 43.9 Å². The van der Waals surface area contributed by atoms with E-state index in [4.69, 9.17) is 4.74 Å². The van der Waals surface area contributed by atoms with E-state index in [1.54, 1.807) is 0 Å². The van der Waals surface area contributed by atoms with Gasteiger partial charge in [-0.1, -0.05) is 33.3 Å². The summed E-state index contributed by atoms with van der Waals surface area (Å²) < 4.78 is 5.70. The number of hydrogen-bond acceptors (Lipinski definition) is 3. The van der Waals surface area contributed by atoms with Crippen molar-refractivity contribution in [3.63, 3.8) is 0 Å². The molecule has 118 valence electrons. The maximum atomic E-state index is 11.6. The van der Waals surface area contributed by atoms with Crippen LogP contribution in [0, 0.1) is 5.92 Å². The molecule has 0 unspecified atom stereocenters. The Kier molecular flexibility index (Phi) is 8.32. The number of amides is 1. The number of carbonyl (C=O) groups is 1. The molecule has 0 saturated heterocycles. The highest BCUT2D eigenvalue weighted by Gasteiger charge is 2.02. The van der Waals surface area contributed by atoms with Crippen LogP contribution >= 0.6 is 0 Å². The van der Waals surface area contributed by atoms with E-state index in [-0.39, 0.29) is 5.91 Å². The van der Waals surface area contributed by atoms with Gasteiger partial charge in [0.25, 0.3) is 0 Å². The zero-order chi connectivity index (χ0) is 15.5. The first-order valence-electron chi connectivity index (χ1n) is 7.85. The zero-order valence-corrected chi connectivity index (χ0v) is 13.4. The van der Waals surface area contributed by atoms with Gasteiger partial charge in [-0.15, -0.1) is 0 Å². The molecule has 0 bridgehead atoms. The fourth-order valence-corrected chi connectivity index (χ4v) is 1.76. The lowest BCUT2D eigenvalue weighted by molar-refractivity contribution is -0.119. The number of hydrogen-bond donors (Lipinski definition) is 2. The Morgan fingerprint density at radius 3 is 2.86 bits per heavy atom. The Balaban J connectivity index is 2.33. The summed E-state index contributed by atoms with van der Waals surface area (Å²) in [7, 11) is 0. The zero-order valence-electron chi connectivity index (χ0n) is 13.4. The average molecular weight is 292 g/mol. The molecular formula is C17H28N2O2. The molecule has 0 aliphatic heterocycles. The number of anilines is 1. The monoisotopic (exact) mass is 292 g/mol. The molecular weight excluding hydrogens is 264 g/mol. The number of ether oxygens (including phenoxy) is 1. The van der Waals surface area contributed by atoms with Crippen molar-refractivity contribution in [3.05, 3.63) is 24.3 Å². The molecule has 0 fully saturated rings. The van der Waals surface area contributed by atoms with Crippen LogP contribution < -0.4 is 15.4 Å². The topological polar surface area (TPSA) is 50.4 Å². The molecule has 0 aromatic heterocycles. The van der Waals surface area contributed by atoms with Crippen LogP contribution in [0.1, 0.15) is 40.0 Å². The van der Waals surface area contributed by atoms with Crippen LogP contribution in [0.2, 0.25) is 0 Å². The van der Waals surface area contributed by atoms with Crippen LogP contribution in [0.5, 0.6) is 5.75 Å². The van der Waals surface area contributed by atoms with Gasteiger partial charge in [-0.3, -0.25) is 4.79 Å². The highest BCUT2D eigenvalue weighted by Crippen LogP contribution is 2.17. The highest BCUT2D eigenvalue weighted by molar-refractivity contribution is 5.80. The van der Waals surface area contributed by atoms with Crippen LogP contribution in [-0.4, -0.2) is 25.6 Å². The van der Waals surface area contributed by atoms with Gasteiger partial charge in [0.05, 0.1) is 13.2 Å². The van der Waals surface area contributed by atoms with Gasteiger partial charge in [0.2, 0.25) is 5.91 Å². The van der Waals surface area contributed by atoms with E-state index in [9.17, 15) is 4.79 Å². The van der Waals surface area contributed by atoms with Crippen molar-refractivity contribution >= 4 is 11.6 Å². The molecule has 21 heavy (non-hydrogen) atoms. The Morgan fingerprint density at radius 1 is 1.33 bits per heavy atom. The summed E-state index contributed by atoms with van der Waals surface area (Å²) in [5.41, 5.74) is 0.905. The number of nitrogens with one attached hydrogen (secondary N) is 2. The molecule has 1 aromatic rings. The largest absolute Gasteiger partial charge is 0.494 e. The lowest BCUT2D eigenvalue weighted by Crippen LogP contribution is -2.30. The van der Waals surface area contributed by atoms with Crippen molar-refractivity contribution in [1.29, 1.82) is 0 Å². The van der Waals surface area contributed by atoms with Crippen LogP contribution in [0.25, 0.3) is 0 Å². The van der Waals surface area contributed by atoms with Crippen molar-refractivity contribution in [2.75, 3.05) is 25.0 Å². The fraction of sp³-hybridized carbons (Fsp3) is 0.588. The third-order valence-corrected chi connectivity index (χ3v) is 3.10. The Labute approximate surface area is 128 Å². The summed E-state index contributed by atoms with van der Waals surface area (Å²) in [4.78, 5) is 11.6. The smallest absolute Gasteiger partial charge is 0.239 e. The second-order valence-corrected chi connectivity index (χ2v) is 5.62. The minimum atomic E-state index is 0.0228. The van der Waals surface area contributed by atoms with E-state index in [0.29, 0.717) is 12.5 Å². The van der Waals surface area contributed by atoms with Crippen LogP contribution in [0.4, 0.5) is 5.69 Å². The predicted octanol–water partition coefficient (Wildman–Crippen LogP) is 3.44. The maximum absolute atomic E-state index is 11.6. The van der Waals surface area contributed by atoms with Crippen LogP contribution in [-0.2, 0) is 4.79 Å². The lowest BCUT2D eigenvalue weighted by atomic mass is 10.1. The number of rotatable bonds is 10.